The molecule has 0 aliphatic carbocycles. The molecule has 1 aliphatic rings. The monoisotopic (exact) mass is 464 g/mol. The minimum Gasteiger partial charge on any atom is -0.379 e. The smallest absolute Gasteiger partial charge is 0.261 e. The van der Waals surface area contributed by atoms with Crippen LogP contribution in [0.5, 0.6) is 0 Å². The van der Waals surface area contributed by atoms with Crippen molar-refractivity contribution in [2.75, 3.05) is 31.0 Å². The van der Waals surface area contributed by atoms with Gasteiger partial charge in [-0.2, -0.15) is 4.31 Å². The highest BCUT2D eigenvalue weighted by Crippen LogP contribution is 2.32. The first-order chi connectivity index (χ1) is 14.4. The van der Waals surface area contributed by atoms with Crippen molar-refractivity contribution in [1.82, 2.24) is 4.31 Å². The van der Waals surface area contributed by atoms with Crippen molar-refractivity contribution in [3.05, 3.63) is 66.0 Å². The molecule has 4 rings (SSSR count). The van der Waals surface area contributed by atoms with E-state index in [1.54, 1.807) is 12.1 Å². The Labute approximate surface area is 180 Å². The number of sulfonamides is 2. The highest BCUT2D eigenvalue weighted by Gasteiger charge is 2.27. The highest BCUT2D eigenvalue weighted by molar-refractivity contribution is 7.92. The van der Waals surface area contributed by atoms with Crippen LogP contribution in [0.2, 0.25) is 0 Å². The number of nitrogens with zero attached hydrogens (tertiary/aromatic N) is 1. The largest absolute Gasteiger partial charge is 0.379 e. The summed E-state index contributed by atoms with van der Waals surface area (Å²) in [6.45, 7) is 1.26. The van der Waals surface area contributed by atoms with Crippen LogP contribution in [0.3, 0.4) is 0 Å². The lowest BCUT2D eigenvalue weighted by Crippen LogP contribution is -2.40. The van der Waals surface area contributed by atoms with Crippen LogP contribution in [0, 0.1) is 0 Å². The molecule has 1 aliphatic heterocycles. The number of anilines is 1. The van der Waals surface area contributed by atoms with E-state index < -0.39 is 20.0 Å². The van der Waals surface area contributed by atoms with Gasteiger partial charge in [0.1, 0.15) is 0 Å². The van der Waals surface area contributed by atoms with Crippen LogP contribution in [0.4, 0.5) is 5.69 Å². The molecule has 0 amide bonds. The Morgan fingerprint density at radius 1 is 0.833 bits per heavy atom. The summed E-state index contributed by atoms with van der Waals surface area (Å²) >= 11 is 1.52. The Balaban J connectivity index is 1.59. The van der Waals surface area contributed by atoms with Crippen molar-refractivity contribution >= 4 is 37.1 Å². The van der Waals surface area contributed by atoms with Gasteiger partial charge in [0.25, 0.3) is 10.0 Å². The molecule has 0 radical (unpaired) electrons. The molecule has 0 saturated carbocycles. The molecule has 2 heterocycles. The normalized spacial score (nSPS) is 15.7. The van der Waals surface area contributed by atoms with Crippen LogP contribution in [-0.4, -0.2) is 47.4 Å². The van der Waals surface area contributed by atoms with Gasteiger partial charge in [0, 0.05) is 23.5 Å². The summed E-state index contributed by atoms with van der Waals surface area (Å²) in [7, 11) is -7.57. The van der Waals surface area contributed by atoms with Crippen molar-refractivity contribution in [1.29, 1.82) is 0 Å². The molecule has 0 unspecified atom stereocenters. The van der Waals surface area contributed by atoms with E-state index in [-0.39, 0.29) is 22.9 Å². The van der Waals surface area contributed by atoms with Crippen molar-refractivity contribution in [2.45, 2.75) is 9.79 Å². The molecule has 0 atom stereocenters. The van der Waals surface area contributed by atoms with Gasteiger partial charge in [0.05, 0.1) is 28.7 Å². The number of thiophene rings is 1. The maximum Gasteiger partial charge on any atom is 0.261 e. The molecule has 1 fully saturated rings. The Morgan fingerprint density at radius 3 is 2.17 bits per heavy atom. The Morgan fingerprint density at radius 2 is 1.50 bits per heavy atom. The van der Waals surface area contributed by atoms with Gasteiger partial charge in [0.2, 0.25) is 10.0 Å². The summed E-state index contributed by atoms with van der Waals surface area (Å²) in [5, 5.41) is 1.92. The second kappa shape index (κ2) is 8.48. The molecule has 30 heavy (non-hydrogen) atoms. The molecular weight excluding hydrogens is 444 g/mol. The summed E-state index contributed by atoms with van der Waals surface area (Å²) in [5.74, 6) is 0. The molecule has 7 nitrogen and oxygen atoms in total. The molecule has 2 aromatic carbocycles. The van der Waals surface area contributed by atoms with Crippen molar-refractivity contribution in [3.8, 4) is 10.4 Å². The minimum atomic E-state index is -3.89. The Kier molecular flexibility index (Phi) is 5.94. The lowest BCUT2D eigenvalue weighted by Gasteiger charge is -2.26. The summed E-state index contributed by atoms with van der Waals surface area (Å²) < 4.78 is 60.4. The van der Waals surface area contributed by atoms with Crippen LogP contribution in [0.15, 0.2) is 75.8 Å². The minimum absolute atomic E-state index is 0.00981. The Hall–Kier alpha value is -2.24. The van der Waals surface area contributed by atoms with E-state index in [9.17, 15) is 16.8 Å². The number of rotatable bonds is 6. The lowest BCUT2D eigenvalue weighted by atomic mass is 10.1. The van der Waals surface area contributed by atoms with Crippen LogP contribution in [0.25, 0.3) is 10.4 Å². The average molecular weight is 465 g/mol. The predicted octanol–water partition coefficient (Wildman–Crippen LogP) is 3.24. The van der Waals surface area contributed by atoms with Gasteiger partial charge < -0.3 is 4.74 Å². The van der Waals surface area contributed by atoms with Crippen molar-refractivity contribution < 1.29 is 21.6 Å². The van der Waals surface area contributed by atoms with Crippen molar-refractivity contribution in [2.24, 2.45) is 0 Å². The number of benzene rings is 2. The fraction of sp³-hybridized carbons (Fsp3) is 0.200. The molecular formula is C20H20N2O5S3. The Bertz CT molecular complexity index is 1220. The molecule has 1 N–H and O–H groups in total. The molecule has 1 aromatic heterocycles. The van der Waals surface area contributed by atoms with E-state index >= 15 is 0 Å². The maximum absolute atomic E-state index is 12.9. The van der Waals surface area contributed by atoms with E-state index in [0.717, 1.165) is 10.4 Å². The number of ether oxygens (including phenoxy) is 1. The summed E-state index contributed by atoms with van der Waals surface area (Å²) in [4.78, 5) is 0.993. The van der Waals surface area contributed by atoms with Crippen LogP contribution in [-0.2, 0) is 24.8 Å². The van der Waals surface area contributed by atoms with Gasteiger partial charge in [-0.3, -0.25) is 4.72 Å². The number of para-hydroxylation sites is 1. The predicted molar refractivity (Wildman–Crippen MR) is 117 cm³/mol. The van der Waals surface area contributed by atoms with Gasteiger partial charge in [0.15, 0.2) is 0 Å². The van der Waals surface area contributed by atoms with E-state index in [2.05, 4.69) is 4.72 Å². The molecule has 1 saturated heterocycles. The van der Waals surface area contributed by atoms with Gasteiger partial charge in [-0.25, -0.2) is 16.8 Å². The zero-order valence-corrected chi connectivity index (χ0v) is 18.3. The third-order valence-corrected chi connectivity index (χ3v) is 8.90. The fourth-order valence-corrected chi connectivity index (χ4v) is 6.40. The second-order valence-corrected chi connectivity index (χ2v) is 11.2. The second-order valence-electron chi connectivity index (χ2n) is 6.62. The van der Waals surface area contributed by atoms with Gasteiger partial charge >= 0.3 is 0 Å². The molecule has 0 spiro atoms. The standard InChI is InChI=1S/C20H20N2O5S3/c23-29(24,21-19-5-2-1-4-18(19)20-6-3-15-28-20)16-7-9-17(10-8-16)30(25,26)22-11-13-27-14-12-22/h1-10,15,21H,11-14H2. The zero-order chi connectivity index (χ0) is 21.2. The van der Waals surface area contributed by atoms with Gasteiger partial charge in [-0.05, 0) is 41.8 Å². The fourth-order valence-electron chi connectivity index (χ4n) is 3.15. The SMILES string of the molecule is O=S(=O)(Nc1ccccc1-c1cccs1)c1ccc(S(=O)(=O)N2CCOCC2)cc1. The van der Waals surface area contributed by atoms with Crippen LogP contribution < -0.4 is 4.72 Å². The van der Waals surface area contributed by atoms with Gasteiger partial charge in [-0.1, -0.05) is 24.3 Å². The first-order valence-corrected chi connectivity index (χ1v) is 13.0. The summed E-state index contributed by atoms with van der Waals surface area (Å²) in [6, 6.07) is 16.2. The topological polar surface area (TPSA) is 92.8 Å². The molecule has 158 valence electrons. The average Bonchev–Trinajstić information content (AvgIpc) is 3.29. The summed E-state index contributed by atoms with van der Waals surface area (Å²) in [5.41, 5.74) is 1.24. The van der Waals surface area contributed by atoms with Crippen LogP contribution in [0.1, 0.15) is 0 Å². The lowest BCUT2D eigenvalue weighted by molar-refractivity contribution is 0.0730. The third kappa shape index (κ3) is 4.28. The van der Waals surface area contributed by atoms with E-state index in [1.807, 2.05) is 29.6 Å². The first-order valence-electron chi connectivity index (χ1n) is 9.22. The third-order valence-electron chi connectivity index (χ3n) is 4.70. The van der Waals surface area contributed by atoms with Crippen molar-refractivity contribution in [3.63, 3.8) is 0 Å². The molecule has 10 heteroatoms. The zero-order valence-electron chi connectivity index (χ0n) is 15.9. The maximum atomic E-state index is 12.9. The number of hydrogen-bond donors (Lipinski definition) is 1. The van der Waals surface area contributed by atoms with E-state index in [0.29, 0.717) is 18.9 Å². The summed E-state index contributed by atoms with van der Waals surface area (Å²) in [6.07, 6.45) is 0. The molecule has 3 aromatic rings. The van der Waals surface area contributed by atoms with Crippen LogP contribution >= 0.6 is 11.3 Å². The number of morpholine rings is 1. The number of nitrogens with one attached hydrogen (secondary N) is 1. The van der Waals surface area contributed by atoms with Gasteiger partial charge in [-0.15, -0.1) is 11.3 Å². The quantitative estimate of drug-likeness (QED) is 0.605. The van der Waals surface area contributed by atoms with E-state index in [1.165, 1.54) is 39.9 Å². The first kappa shape index (κ1) is 21.0. The van der Waals surface area contributed by atoms with E-state index in [4.69, 9.17) is 4.74 Å². The number of hydrogen-bond acceptors (Lipinski definition) is 6. The molecule has 0 bridgehead atoms. The highest BCUT2D eigenvalue weighted by atomic mass is 32.2.